The average molecular weight is 299 g/mol. The minimum Gasteiger partial charge on any atom is -0.337 e. The number of carbonyl (C=O) groups is 1. The van der Waals surface area contributed by atoms with E-state index < -0.39 is 5.82 Å². The van der Waals surface area contributed by atoms with Crippen molar-refractivity contribution in [1.29, 1.82) is 0 Å². The first-order valence-corrected chi connectivity index (χ1v) is 7.47. The van der Waals surface area contributed by atoms with Crippen LogP contribution in [0.4, 0.5) is 4.39 Å². The number of hydrogen-bond acceptors (Lipinski definition) is 2. The summed E-state index contributed by atoms with van der Waals surface area (Å²) in [6, 6.07) is 4.39. The Bertz CT molecular complexity index is 475. The van der Waals surface area contributed by atoms with Crippen molar-refractivity contribution in [3.05, 3.63) is 34.6 Å². The molecular weight excluding hydrogens is 279 g/mol. The zero-order chi connectivity index (χ0) is 14.5. The molecule has 2 rings (SSSR count). The van der Waals surface area contributed by atoms with E-state index in [1.54, 1.807) is 4.90 Å². The van der Waals surface area contributed by atoms with E-state index in [-0.39, 0.29) is 11.5 Å². The number of piperidine rings is 1. The van der Waals surface area contributed by atoms with Crippen LogP contribution in [0.15, 0.2) is 18.2 Å². The maximum absolute atomic E-state index is 13.8. The minimum absolute atomic E-state index is 0.0511. The van der Waals surface area contributed by atoms with E-state index in [1.165, 1.54) is 31.0 Å². The Hall–Kier alpha value is -1.13. The molecule has 110 valence electrons. The monoisotopic (exact) mass is 298 g/mol. The molecule has 0 spiro atoms. The van der Waals surface area contributed by atoms with Gasteiger partial charge in [-0.05, 0) is 44.5 Å². The van der Waals surface area contributed by atoms with E-state index in [0.29, 0.717) is 24.2 Å². The predicted octanol–water partition coefficient (Wildman–Crippen LogP) is 3.08. The molecule has 1 saturated heterocycles. The summed E-state index contributed by atoms with van der Waals surface area (Å²) in [6.07, 6.45) is 3.41. The molecule has 0 aromatic heterocycles. The lowest BCUT2D eigenvalue weighted by Gasteiger charge is -2.30. The lowest BCUT2D eigenvalue weighted by atomic mass is 10.0. The fraction of sp³-hybridized carbons (Fsp3) is 0.533. The normalized spacial score (nSPS) is 18.9. The highest BCUT2D eigenvalue weighted by molar-refractivity contribution is 6.31. The van der Waals surface area contributed by atoms with Crippen LogP contribution in [0.1, 0.15) is 36.5 Å². The average Bonchev–Trinajstić information content (AvgIpc) is 2.47. The fourth-order valence-electron chi connectivity index (χ4n) is 2.53. The summed E-state index contributed by atoms with van der Waals surface area (Å²) >= 11 is 5.85. The van der Waals surface area contributed by atoms with Gasteiger partial charge < -0.3 is 10.2 Å². The first kappa shape index (κ1) is 15.3. The number of amides is 1. The molecule has 1 aliphatic heterocycles. The van der Waals surface area contributed by atoms with E-state index in [1.807, 2.05) is 6.92 Å². The van der Waals surface area contributed by atoms with Crippen LogP contribution in [-0.4, -0.2) is 36.5 Å². The molecular formula is C15H20ClFN2O. The lowest BCUT2D eigenvalue weighted by Crippen LogP contribution is -2.45. The van der Waals surface area contributed by atoms with E-state index >= 15 is 0 Å². The SMILES string of the molecule is CCN(CC1CCCCN1)C(=O)c1cc(Cl)ccc1F. The molecule has 1 aromatic rings. The summed E-state index contributed by atoms with van der Waals surface area (Å²) in [6.45, 7) is 4.06. The Morgan fingerprint density at radius 1 is 1.50 bits per heavy atom. The number of hydrogen-bond donors (Lipinski definition) is 1. The third-order valence-corrected chi connectivity index (χ3v) is 3.92. The van der Waals surface area contributed by atoms with Gasteiger partial charge in [-0.2, -0.15) is 0 Å². The molecule has 1 N–H and O–H groups in total. The molecule has 0 bridgehead atoms. The van der Waals surface area contributed by atoms with Gasteiger partial charge in [0.1, 0.15) is 5.82 Å². The van der Waals surface area contributed by atoms with E-state index in [4.69, 9.17) is 11.6 Å². The fourth-order valence-corrected chi connectivity index (χ4v) is 2.71. The standard InChI is InChI=1S/C15H20ClFN2O/c1-2-19(10-12-5-3-4-8-18-12)15(20)13-9-11(16)6-7-14(13)17/h6-7,9,12,18H,2-5,8,10H2,1H3. The van der Waals surface area contributed by atoms with Crippen molar-refractivity contribution in [2.45, 2.75) is 32.2 Å². The molecule has 5 heteroatoms. The molecule has 1 unspecified atom stereocenters. The summed E-state index contributed by atoms with van der Waals surface area (Å²) in [4.78, 5) is 14.1. The number of likely N-dealkylation sites (N-methyl/N-ethyl adjacent to an activating group) is 1. The highest BCUT2D eigenvalue weighted by Gasteiger charge is 2.22. The van der Waals surface area contributed by atoms with Gasteiger partial charge in [0.2, 0.25) is 0 Å². The molecule has 1 aromatic carbocycles. The molecule has 1 amide bonds. The van der Waals surface area contributed by atoms with E-state index in [2.05, 4.69) is 5.32 Å². The van der Waals surface area contributed by atoms with Gasteiger partial charge in [0.15, 0.2) is 0 Å². The summed E-state index contributed by atoms with van der Waals surface area (Å²) in [5.41, 5.74) is 0.0511. The van der Waals surface area contributed by atoms with Crippen LogP contribution in [0.2, 0.25) is 5.02 Å². The van der Waals surface area contributed by atoms with Crippen LogP contribution in [0, 0.1) is 5.82 Å². The second-order valence-electron chi connectivity index (χ2n) is 5.11. The Kier molecular flexibility index (Phi) is 5.38. The number of nitrogens with zero attached hydrogens (tertiary/aromatic N) is 1. The summed E-state index contributed by atoms with van der Waals surface area (Å²) < 4.78 is 13.8. The van der Waals surface area contributed by atoms with Crippen molar-refractivity contribution in [3.63, 3.8) is 0 Å². The second kappa shape index (κ2) is 7.04. The third kappa shape index (κ3) is 3.70. The number of halogens is 2. The van der Waals surface area contributed by atoms with Crippen molar-refractivity contribution in [2.75, 3.05) is 19.6 Å². The van der Waals surface area contributed by atoms with Crippen LogP contribution in [0.3, 0.4) is 0 Å². The van der Waals surface area contributed by atoms with Gasteiger partial charge in [-0.3, -0.25) is 4.79 Å². The number of nitrogens with one attached hydrogen (secondary N) is 1. The smallest absolute Gasteiger partial charge is 0.256 e. The van der Waals surface area contributed by atoms with Gasteiger partial charge in [0, 0.05) is 24.2 Å². The zero-order valence-corrected chi connectivity index (χ0v) is 12.4. The Balaban J connectivity index is 2.09. The maximum Gasteiger partial charge on any atom is 0.256 e. The summed E-state index contributed by atoms with van der Waals surface area (Å²) in [7, 11) is 0. The van der Waals surface area contributed by atoms with Crippen molar-refractivity contribution in [1.82, 2.24) is 10.2 Å². The number of rotatable bonds is 4. The molecule has 20 heavy (non-hydrogen) atoms. The van der Waals surface area contributed by atoms with E-state index in [0.717, 1.165) is 13.0 Å². The van der Waals surface area contributed by atoms with Crippen LogP contribution >= 0.6 is 11.6 Å². The third-order valence-electron chi connectivity index (χ3n) is 3.68. The van der Waals surface area contributed by atoms with Crippen molar-refractivity contribution in [2.24, 2.45) is 0 Å². The van der Waals surface area contributed by atoms with Gasteiger partial charge >= 0.3 is 0 Å². The number of benzene rings is 1. The zero-order valence-electron chi connectivity index (χ0n) is 11.7. The minimum atomic E-state index is -0.519. The lowest BCUT2D eigenvalue weighted by molar-refractivity contribution is 0.0737. The van der Waals surface area contributed by atoms with E-state index in [9.17, 15) is 9.18 Å². The first-order valence-electron chi connectivity index (χ1n) is 7.09. The quantitative estimate of drug-likeness (QED) is 0.926. The van der Waals surface area contributed by atoms with Gasteiger partial charge in [-0.15, -0.1) is 0 Å². The highest BCUT2D eigenvalue weighted by atomic mass is 35.5. The molecule has 0 radical (unpaired) electrons. The van der Waals surface area contributed by atoms with Gasteiger partial charge in [-0.25, -0.2) is 4.39 Å². The Morgan fingerprint density at radius 2 is 2.30 bits per heavy atom. The van der Waals surface area contributed by atoms with Crippen molar-refractivity contribution < 1.29 is 9.18 Å². The molecule has 0 saturated carbocycles. The topological polar surface area (TPSA) is 32.3 Å². The molecule has 1 atom stereocenters. The van der Waals surface area contributed by atoms with Gasteiger partial charge in [0.05, 0.1) is 5.56 Å². The summed E-state index contributed by atoms with van der Waals surface area (Å²) in [5, 5.41) is 3.78. The van der Waals surface area contributed by atoms with Gasteiger partial charge in [0.25, 0.3) is 5.91 Å². The number of carbonyl (C=O) groups excluding carboxylic acids is 1. The molecule has 0 aliphatic carbocycles. The second-order valence-corrected chi connectivity index (χ2v) is 5.55. The van der Waals surface area contributed by atoms with Crippen molar-refractivity contribution >= 4 is 17.5 Å². The largest absolute Gasteiger partial charge is 0.337 e. The maximum atomic E-state index is 13.8. The van der Waals surface area contributed by atoms with Gasteiger partial charge in [-0.1, -0.05) is 18.0 Å². The predicted molar refractivity (Wildman–Crippen MR) is 78.6 cm³/mol. The highest BCUT2D eigenvalue weighted by Crippen LogP contribution is 2.18. The Morgan fingerprint density at radius 3 is 2.95 bits per heavy atom. The van der Waals surface area contributed by atoms with Crippen LogP contribution in [0.5, 0.6) is 0 Å². The van der Waals surface area contributed by atoms with Crippen LogP contribution in [0.25, 0.3) is 0 Å². The summed E-state index contributed by atoms with van der Waals surface area (Å²) in [5.74, 6) is -0.811. The van der Waals surface area contributed by atoms with Crippen molar-refractivity contribution in [3.8, 4) is 0 Å². The molecule has 1 heterocycles. The van der Waals surface area contributed by atoms with Crippen LogP contribution in [-0.2, 0) is 0 Å². The first-order chi connectivity index (χ1) is 9.61. The Labute approximate surface area is 124 Å². The molecule has 1 aliphatic rings. The molecule has 1 fully saturated rings. The molecule has 3 nitrogen and oxygen atoms in total. The van der Waals surface area contributed by atoms with Crippen LogP contribution < -0.4 is 5.32 Å².